The molecule has 3 rings (SSSR count). The van der Waals surface area contributed by atoms with Crippen LogP contribution in [0.4, 0.5) is 0 Å². The smallest absolute Gasteiger partial charge is 0.746 e. The molecule has 12 nitrogen and oxygen atoms in total. The first kappa shape index (κ1) is 89.0. The summed E-state index contributed by atoms with van der Waals surface area (Å²) in [5, 5.41) is 0. The Labute approximate surface area is 569 Å². The molecule has 0 aliphatic carbocycles. The molecular weight excluding hydrogens is 1210 g/mol. The van der Waals surface area contributed by atoms with Crippen molar-refractivity contribution < 1.29 is 55.5 Å². The number of benzene rings is 3. The Kier molecular flexibility index (Phi) is 61.5. The van der Waals surface area contributed by atoms with Gasteiger partial charge in [0.25, 0.3) is 0 Å². The van der Waals surface area contributed by atoms with Crippen LogP contribution < -0.4 is 28.3 Å². The summed E-state index contributed by atoms with van der Waals surface area (Å²) in [7, 11) is -12.8. The van der Waals surface area contributed by atoms with Gasteiger partial charge in [-0.2, -0.15) is 0 Å². The molecule has 0 aliphatic heterocycles. The van der Waals surface area contributed by atoms with Gasteiger partial charge in [-0.15, -0.1) is 0 Å². The fraction of sp³-hybridized carbons (Fsp3) is 0.760. The summed E-state index contributed by atoms with van der Waals surface area (Å²) in [6.45, 7) is 12.8. The minimum atomic E-state index is -4.28. The summed E-state index contributed by atoms with van der Waals surface area (Å²) in [5.41, 5.74) is 2.33. The first-order chi connectivity index (χ1) is 43.6. The molecule has 0 aliphatic rings. The molecule has 16 heteroatoms. The van der Waals surface area contributed by atoms with Crippen LogP contribution in [0.15, 0.2) is 72.8 Å². The van der Waals surface area contributed by atoms with Gasteiger partial charge >= 0.3 is 40.8 Å². The third-order valence-corrected chi connectivity index (χ3v) is 19.4. The molecule has 0 saturated carbocycles. The number of phosphoric acid groups is 3. The molecule has 0 radical (unpaired) electrons. The van der Waals surface area contributed by atoms with E-state index >= 15 is 0 Å². The molecule has 0 saturated heterocycles. The van der Waals surface area contributed by atoms with Crippen LogP contribution in [0, 0.1) is 20.8 Å². The Bertz CT molecular complexity index is 1980. The number of unbranched alkanes of at least 4 members (excludes halogenated alkanes) is 45. The molecule has 0 bridgehead atoms. The molecule has 0 aromatic heterocycles. The SMILES string of the molecule is CCCCCCCCCCCCCCCCCCOP(=O)([O-])Oc1ccccc1C.CCCCCCCCCCCCCCCCCCOP(=O)([O-])Oc1ccccc1C.CCCCCCCCCCCCCCCCCCOP(=O)([O-])Oc1ccccc1C.[Al+3]. The molecule has 0 fully saturated rings. The predicted molar refractivity (Wildman–Crippen MR) is 380 cm³/mol. The van der Waals surface area contributed by atoms with Gasteiger partial charge in [-0.1, -0.05) is 364 Å². The van der Waals surface area contributed by atoms with Crippen molar-refractivity contribution in [2.45, 2.75) is 350 Å². The second kappa shape index (κ2) is 62.8. The van der Waals surface area contributed by atoms with Crippen molar-refractivity contribution in [3.63, 3.8) is 0 Å². The maximum Gasteiger partial charge on any atom is 3.00 e. The number of rotatable bonds is 60. The van der Waals surface area contributed by atoms with Crippen molar-refractivity contribution in [3.05, 3.63) is 89.5 Å². The van der Waals surface area contributed by atoms with Crippen molar-refractivity contribution in [1.29, 1.82) is 0 Å². The van der Waals surface area contributed by atoms with E-state index in [-0.39, 0.29) is 37.2 Å². The third-order valence-electron chi connectivity index (χ3n) is 16.7. The van der Waals surface area contributed by atoms with E-state index in [0.717, 1.165) is 74.5 Å². The van der Waals surface area contributed by atoms with E-state index in [9.17, 15) is 28.4 Å². The first-order valence-electron chi connectivity index (χ1n) is 36.8. The van der Waals surface area contributed by atoms with Gasteiger partial charge in [0.05, 0.1) is 19.8 Å². The second-order valence-electron chi connectivity index (χ2n) is 25.3. The largest absolute Gasteiger partial charge is 3.00 e. The van der Waals surface area contributed by atoms with Crippen LogP contribution in [-0.4, -0.2) is 37.2 Å². The van der Waals surface area contributed by atoms with Crippen molar-refractivity contribution >= 4 is 40.8 Å². The predicted octanol–water partition coefficient (Wildman–Crippen LogP) is 24.0. The Hall–Kier alpha value is -1.96. The summed E-state index contributed by atoms with van der Waals surface area (Å²) in [6, 6.07) is 21.1. The van der Waals surface area contributed by atoms with Gasteiger partial charge < -0.3 is 41.8 Å². The van der Waals surface area contributed by atoms with Crippen LogP contribution in [0.3, 0.4) is 0 Å². The van der Waals surface area contributed by atoms with E-state index in [1.807, 2.05) is 57.2 Å². The summed E-state index contributed by atoms with van der Waals surface area (Å²) in [5.74, 6) is 1.01. The van der Waals surface area contributed by atoms with Gasteiger partial charge in [-0.25, -0.2) is 0 Å². The second-order valence-corrected chi connectivity index (χ2v) is 29.3. The van der Waals surface area contributed by atoms with Gasteiger partial charge in [0.1, 0.15) is 17.2 Å². The zero-order chi connectivity index (χ0) is 65.8. The Morgan fingerprint density at radius 1 is 0.253 bits per heavy atom. The minimum Gasteiger partial charge on any atom is -0.746 e. The van der Waals surface area contributed by atoms with Crippen molar-refractivity contribution in [3.8, 4) is 17.2 Å². The number of para-hydroxylation sites is 3. The number of hydrogen-bond acceptors (Lipinski definition) is 12. The van der Waals surface area contributed by atoms with E-state index in [4.69, 9.17) is 27.1 Å². The maximum absolute atomic E-state index is 11.9. The number of phosphoric ester groups is 3. The monoisotopic (exact) mass is 1340 g/mol. The standard InChI is InChI=1S/3C25H45O4P.Al/c3*1-3-4-5-6-7-8-9-10-11-12-13-14-15-16-17-20-23-28-30(26,27)29-25-22-19-18-21-24(25)2;/h3*18-19,21-22H,3-17,20,23H2,1-2H3,(H,26,27);/q;;;+3/p-3. The molecule has 0 spiro atoms. The molecule has 0 amide bonds. The quantitative estimate of drug-likeness (QED) is 0.0297. The maximum atomic E-state index is 11.9. The van der Waals surface area contributed by atoms with E-state index in [2.05, 4.69) is 20.8 Å². The minimum absolute atomic E-state index is 0. The molecular formula is C75H132AlO12P3. The fourth-order valence-corrected chi connectivity index (χ4v) is 13.4. The van der Waals surface area contributed by atoms with Gasteiger partial charge in [0.15, 0.2) is 0 Å². The molecule has 3 aromatic carbocycles. The van der Waals surface area contributed by atoms with Crippen LogP contribution in [-0.2, 0) is 27.3 Å². The van der Waals surface area contributed by atoms with Crippen molar-refractivity contribution in [2.24, 2.45) is 0 Å². The van der Waals surface area contributed by atoms with Gasteiger partial charge in [0, 0.05) is 0 Å². The number of aryl methyl sites for hydroxylation is 3. The molecule has 3 atom stereocenters. The topological polar surface area (TPSA) is 176 Å². The average Bonchev–Trinajstić information content (AvgIpc) is 3.33. The summed E-state index contributed by atoms with van der Waals surface area (Å²) in [6.07, 6.45) is 62.0. The zero-order valence-electron chi connectivity index (χ0n) is 58.8. The zero-order valence-corrected chi connectivity index (χ0v) is 62.6. The molecule has 522 valence electrons. The van der Waals surface area contributed by atoms with Gasteiger partial charge in [-0.05, 0) is 74.9 Å². The van der Waals surface area contributed by atoms with E-state index in [1.165, 1.54) is 250 Å². The van der Waals surface area contributed by atoms with Crippen LogP contribution in [0.2, 0.25) is 0 Å². The van der Waals surface area contributed by atoms with Gasteiger partial charge in [-0.3, -0.25) is 13.7 Å². The molecule has 91 heavy (non-hydrogen) atoms. The van der Waals surface area contributed by atoms with Crippen molar-refractivity contribution in [2.75, 3.05) is 19.8 Å². The van der Waals surface area contributed by atoms with Crippen LogP contribution in [0.1, 0.15) is 346 Å². The first-order valence-corrected chi connectivity index (χ1v) is 41.2. The molecule has 0 N–H and O–H groups in total. The van der Waals surface area contributed by atoms with E-state index < -0.39 is 23.5 Å². The normalized spacial score (nSPS) is 13.2. The van der Waals surface area contributed by atoms with Crippen LogP contribution in [0.25, 0.3) is 0 Å². The summed E-state index contributed by atoms with van der Waals surface area (Å²) >= 11 is 0. The van der Waals surface area contributed by atoms with Crippen LogP contribution >= 0.6 is 23.5 Å². The van der Waals surface area contributed by atoms with E-state index in [0.29, 0.717) is 17.2 Å². The Morgan fingerprint density at radius 3 is 0.549 bits per heavy atom. The van der Waals surface area contributed by atoms with Gasteiger partial charge in [0.2, 0.25) is 0 Å². The summed E-state index contributed by atoms with van der Waals surface area (Å²) in [4.78, 5) is 35.7. The number of hydrogen-bond donors (Lipinski definition) is 0. The Morgan fingerprint density at radius 2 is 0.396 bits per heavy atom. The van der Waals surface area contributed by atoms with Crippen molar-refractivity contribution in [1.82, 2.24) is 0 Å². The van der Waals surface area contributed by atoms with E-state index in [1.54, 1.807) is 36.4 Å². The molecule has 3 aromatic rings. The average molecular weight is 1350 g/mol. The van der Waals surface area contributed by atoms with Crippen LogP contribution in [0.5, 0.6) is 17.2 Å². The molecule has 0 heterocycles. The fourth-order valence-electron chi connectivity index (χ4n) is 10.9. The molecule has 3 unspecified atom stereocenters. The summed E-state index contributed by atoms with van der Waals surface area (Å²) < 4.78 is 65.8. The third kappa shape index (κ3) is 58.0. The Balaban J connectivity index is 0.00000133.